The van der Waals surface area contributed by atoms with Crippen LogP contribution in [0.5, 0.6) is 0 Å². The molecule has 2 aliphatic heterocycles. The molecule has 3 rings (SSSR count). The minimum atomic E-state index is -3.47. The molecule has 0 aliphatic carbocycles. The second-order valence-electron chi connectivity index (χ2n) is 6.50. The van der Waals surface area contributed by atoms with E-state index in [9.17, 15) is 13.2 Å². The summed E-state index contributed by atoms with van der Waals surface area (Å²) >= 11 is 0. The molecule has 0 unspecified atom stereocenters. The fraction of sp³-hybridized carbons (Fsp3) is 0.588. The normalized spacial score (nSPS) is 23.7. The van der Waals surface area contributed by atoms with Crippen LogP contribution in [-0.4, -0.2) is 62.8 Å². The number of likely N-dealkylation sites (tertiary alicyclic amines) is 1. The molecular formula is C17H25N3O3S. The maximum absolute atomic E-state index is 12.6. The van der Waals surface area contributed by atoms with Gasteiger partial charge in [0.05, 0.1) is 4.90 Å². The van der Waals surface area contributed by atoms with Gasteiger partial charge in [0.2, 0.25) is 10.0 Å². The van der Waals surface area contributed by atoms with Crippen LogP contribution in [0.15, 0.2) is 29.2 Å². The van der Waals surface area contributed by atoms with Crippen molar-refractivity contribution >= 4 is 15.9 Å². The van der Waals surface area contributed by atoms with E-state index in [-0.39, 0.29) is 10.8 Å². The van der Waals surface area contributed by atoms with E-state index in [1.807, 2.05) is 18.7 Å². The zero-order valence-corrected chi connectivity index (χ0v) is 15.1. The topological polar surface area (TPSA) is 69.7 Å². The number of nitrogens with zero attached hydrogens (tertiary/aromatic N) is 2. The highest BCUT2D eigenvalue weighted by Gasteiger charge is 2.38. The first-order valence-electron chi connectivity index (χ1n) is 8.57. The van der Waals surface area contributed by atoms with Crippen LogP contribution < -0.4 is 5.32 Å². The van der Waals surface area contributed by atoms with Crippen LogP contribution in [-0.2, 0) is 10.0 Å². The van der Waals surface area contributed by atoms with Crippen LogP contribution in [0, 0.1) is 11.8 Å². The molecule has 1 aromatic carbocycles. The number of amides is 1. The molecule has 2 atom stereocenters. The Morgan fingerprint density at radius 2 is 1.67 bits per heavy atom. The smallest absolute Gasteiger partial charge is 0.253 e. The molecule has 0 spiro atoms. The van der Waals surface area contributed by atoms with E-state index < -0.39 is 10.0 Å². The lowest BCUT2D eigenvalue weighted by atomic mass is 10.0. The number of hydrogen-bond acceptors (Lipinski definition) is 4. The van der Waals surface area contributed by atoms with Crippen LogP contribution in [0.4, 0.5) is 0 Å². The second kappa shape index (κ2) is 6.82. The van der Waals surface area contributed by atoms with E-state index >= 15 is 0 Å². The fourth-order valence-corrected chi connectivity index (χ4v) is 5.14. The average Bonchev–Trinajstić information content (AvgIpc) is 3.17. The van der Waals surface area contributed by atoms with E-state index in [1.165, 1.54) is 4.31 Å². The minimum Gasteiger partial charge on any atom is -0.338 e. The lowest BCUT2D eigenvalue weighted by Crippen LogP contribution is -2.32. The molecule has 6 nitrogen and oxygen atoms in total. The Hall–Kier alpha value is -1.44. The van der Waals surface area contributed by atoms with Gasteiger partial charge in [-0.3, -0.25) is 4.79 Å². The predicted molar refractivity (Wildman–Crippen MR) is 92.3 cm³/mol. The lowest BCUT2D eigenvalue weighted by molar-refractivity contribution is 0.0781. The third kappa shape index (κ3) is 3.08. The van der Waals surface area contributed by atoms with Gasteiger partial charge < -0.3 is 10.2 Å². The van der Waals surface area contributed by atoms with Crippen molar-refractivity contribution < 1.29 is 13.2 Å². The molecule has 2 heterocycles. The molecule has 132 valence electrons. The number of carbonyl (C=O) groups excluding carboxylic acids is 1. The van der Waals surface area contributed by atoms with Crippen molar-refractivity contribution in [3.05, 3.63) is 29.8 Å². The Kier molecular flexibility index (Phi) is 4.94. The van der Waals surface area contributed by atoms with E-state index in [0.717, 1.165) is 26.2 Å². The van der Waals surface area contributed by atoms with E-state index in [2.05, 4.69) is 5.32 Å². The average molecular weight is 351 g/mol. The SMILES string of the molecule is CCN(CC)S(=O)(=O)c1ccc(C(=O)N2C[C@H]3CNC[C@H]3C2)cc1. The summed E-state index contributed by atoms with van der Waals surface area (Å²) < 4.78 is 26.4. The van der Waals surface area contributed by atoms with Crippen molar-refractivity contribution in [2.45, 2.75) is 18.7 Å². The maximum Gasteiger partial charge on any atom is 0.253 e. The van der Waals surface area contributed by atoms with Crippen LogP contribution >= 0.6 is 0 Å². The largest absolute Gasteiger partial charge is 0.338 e. The number of sulfonamides is 1. The molecule has 1 amide bonds. The quantitative estimate of drug-likeness (QED) is 0.860. The van der Waals surface area contributed by atoms with Crippen LogP contribution in [0.3, 0.4) is 0 Å². The zero-order valence-electron chi connectivity index (χ0n) is 14.2. The molecule has 0 radical (unpaired) electrons. The Labute approximate surface area is 143 Å². The molecule has 2 saturated heterocycles. The molecule has 0 saturated carbocycles. The van der Waals surface area contributed by atoms with Crippen LogP contribution in [0.2, 0.25) is 0 Å². The first kappa shape index (κ1) is 17.4. The van der Waals surface area contributed by atoms with Crippen molar-refractivity contribution in [1.82, 2.24) is 14.5 Å². The Bertz CT molecular complexity index is 686. The highest BCUT2D eigenvalue weighted by molar-refractivity contribution is 7.89. The summed E-state index contributed by atoms with van der Waals surface area (Å²) in [6.07, 6.45) is 0. The van der Waals surface area contributed by atoms with Gasteiger partial charge in [-0.2, -0.15) is 4.31 Å². The van der Waals surface area contributed by atoms with Crippen molar-refractivity contribution in [2.75, 3.05) is 39.3 Å². The Balaban J connectivity index is 1.74. The summed E-state index contributed by atoms with van der Waals surface area (Å²) in [7, 11) is -3.47. The third-order valence-corrected chi connectivity index (χ3v) is 7.19. The van der Waals surface area contributed by atoms with Crippen molar-refractivity contribution in [1.29, 1.82) is 0 Å². The molecule has 24 heavy (non-hydrogen) atoms. The van der Waals surface area contributed by atoms with Gasteiger partial charge in [0.1, 0.15) is 0 Å². The van der Waals surface area contributed by atoms with Crippen molar-refractivity contribution in [3.8, 4) is 0 Å². The highest BCUT2D eigenvalue weighted by Crippen LogP contribution is 2.27. The zero-order chi connectivity index (χ0) is 17.3. The molecule has 2 fully saturated rings. The van der Waals surface area contributed by atoms with Crippen LogP contribution in [0.25, 0.3) is 0 Å². The summed E-state index contributed by atoms with van der Waals surface area (Å²) in [5, 5.41) is 3.36. The minimum absolute atomic E-state index is 0.00353. The number of benzene rings is 1. The van der Waals surface area contributed by atoms with Crippen molar-refractivity contribution in [3.63, 3.8) is 0 Å². The van der Waals surface area contributed by atoms with Gasteiger partial charge in [-0.15, -0.1) is 0 Å². The standard InChI is InChI=1S/C17H25N3O3S/c1-3-20(4-2)24(22,23)16-7-5-13(6-8-16)17(21)19-11-14-9-18-10-15(14)12-19/h5-8,14-15,18H,3-4,9-12H2,1-2H3/t14-,15+. The number of carbonyl (C=O) groups is 1. The molecule has 0 bridgehead atoms. The first-order valence-corrected chi connectivity index (χ1v) is 10.0. The van der Waals surface area contributed by atoms with Gasteiger partial charge in [0.25, 0.3) is 5.91 Å². The van der Waals surface area contributed by atoms with Gasteiger partial charge in [-0.1, -0.05) is 13.8 Å². The number of hydrogen-bond donors (Lipinski definition) is 1. The van der Waals surface area contributed by atoms with E-state index in [0.29, 0.717) is 30.5 Å². The molecule has 2 aliphatic rings. The van der Waals surface area contributed by atoms with Crippen LogP contribution in [0.1, 0.15) is 24.2 Å². The summed E-state index contributed by atoms with van der Waals surface area (Å²) in [5.74, 6) is 1.10. The highest BCUT2D eigenvalue weighted by atomic mass is 32.2. The fourth-order valence-electron chi connectivity index (χ4n) is 3.69. The summed E-state index contributed by atoms with van der Waals surface area (Å²) in [6.45, 7) is 8.04. The predicted octanol–water partition coefficient (Wildman–Crippen LogP) is 1.01. The van der Waals surface area contributed by atoms with E-state index in [1.54, 1.807) is 24.3 Å². The molecule has 1 aromatic rings. The third-order valence-electron chi connectivity index (χ3n) is 5.12. The summed E-state index contributed by atoms with van der Waals surface area (Å²) in [4.78, 5) is 14.8. The Morgan fingerprint density at radius 3 is 2.17 bits per heavy atom. The van der Waals surface area contributed by atoms with Gasteiger partial charge >= 0.3 is 0 Å². The molecular weight excluding hydrogens is 326 g/mol. The number of nitrogens with one attached hydrogen (secondary N) is 1. The monoisotopic (exact) mass is 351 g/mol. The molecule has 1 N–H and O–H groups in total. The summed E-state index contributed by atoms with van der Waals surface area (Å²) in [6, 6.07) is 6.34. The molecule has 7 heteroatoms. The van der Waals surface area contributed by atoms with Gasteiger partial charge in [-0.25, -0.2) is 8.42 Å². The maximum atomic E-state index is 12.6. The number of fused-ring (bicyclic) bond motifs is 1. The van der Waals surface area contributed by atoms with Gasteiger partial charge in [-0.05, 0) is 36.1 Å². The number of rotatable bonds is 5. The molecule has 0 aromatic heterocycles. The lowest BCUT2D eigenvalue weighted by Gasteiger charge is -2.19. The Morgan fingerprint density at radius 1 is 1.12 bits per heavy atom. The van der Waals surface area contributed by atoms with Gasteiger partial charge in [0.15, 0.2) is 0 Å². The van der Waals surface area contributed by atoms with E-state index in [4.69, 9.17) is 0 Å². The van der Waals surface area contributed by atoms with Crippen molar-refractivity contribution in [2.24, 2.45) is 11.8 Å². The summed E-state index contributed by atoms with van der Waals surface area (Å²) in [5.41, 5.74) is 0.557. The van der Waals surface area contributed by atoms with Gasteiger partial charge in [0, 0.05) is 44.8 Å². The second-order valence-corrected chi connectivity index (χ2v) is 8.44. The first-order chi connectivity index (χ1) is 11.5.